The Labute approximate surface area is 197 Å². The van der Waals surface area contributed by atoms with Crippen molar-refractivity contribution >= 4 is 40.5 Å². The maximum atomic E-state index is 12.6. The summed E-state index contributed by atoms with van der Waals surface area (Å²) in [4.78, 5) is 24.9. The molecule has 0 aliphatic heterocycles. The first-order chi connectivity index (χ1) is 16.0. The number of rotatable bonds is 9. The molecule has 0 aliphatic carbocycles. The molecule has 0 aliphatic rings. The summed E-state index contributed by atoms with van der Waals surface area (Å²) in [5.41, 5.74) is 1.38. The van der Waals surface area contributed by atoms with E-state index in [4.69, 9.17) is 26.1 Å². The van der Waals surface area contributed by atoms with Gasteiger partial charge in [-0.1, -0.05) is 19.4 Å². The molecule has 172 valence electrons. The normalized spacial score (nSPS) is 10.2. The molecule has 3 rings (SSSR count). The van der Waals surface area contributed by atoms with E-state index in [1.807, 2.05) is 0 Å². The number of carbonyl (C=O) groups is 2. The van der Waals surface area contributed by atoms with Crippen molar-refractivity contribution in [2.24, 2.45) is 0 Å². The van der Waals surface area contributed by atoms with Crippen LogP contribution in [0.2, 0.25) is 0 Å². The van der Waals surface area contributed by atoms with Gasteiger partial charge in [0.15, 0.2) is 10.9 Å². The van der Waals surface area contributed by atoms with Gasteiger partial charge < -0.3 is 24.5 Å². The van der Waals surface area contributed by atoms with Crippen molar-refractivity contribution < 1.29 is 23.5 Å². The first-order valence-corrected chi connectivity index (χ1v) is 10.8. The molecule has 3 N–H and O–H groups in total. The molecule has 0 saturated carbocycles. The summed E-state index contributed by atoms with van der Waals surface area (Å²) in [6.45, 7) is 2.67. The van der Waals surface area contributed by atoms with E-state index in [-0.39, 0.29) is 16.8 Å². The minimum Gasteiger partial charge on any atom is -0.495 e. The summed E-state index contributed by atoms with van der Waals surface area (Å²) >= 11 is 5.30. The van der Waals surface area contributed by atoms with Crippen molar-refractivity contribution in [3.63, 3.8) is 0 Å². The third-order valence-corrected chi connectivity index (χ3v) is 4.74. The Morgan fingerprint density at radius 1 is 1.03 bits per heavy atom. The Hall–Kier alpha value is -3.85. The molecule has 1 heterocycles. The Morgan fingerprint density at radius 3 is 2.61 bits per heavy atom. The number of nitrogens with one attached hydrogen (secondary N) is 3. The zero-order valence-electron chi connectivity index (χ0n) is 18.3. The molecule has 33 heavy (non-hydrogen) atoms. The van der Waals surface area contributed by atoms with Crippen molar-refractivity contribution in [3.05, 3.63) is 72.2 Å². The highest BCUT2D eigenvalue weighted by molar-refractivity contribution is 7.80. The number of benzene rings is 2. The Kier molecular flexibility index (Phi) is 8.43. The highest BCUT2D eigenvalue weighted by Gasteiger charge is 2.14. The summed E-state index contributed by atoms with van der Waals surface area (Å²) in [7, 11) is 1.51. The zero-order valence-corrected chi connectivity index (χ0v) is 19.2. The van der Waals surface area contributed by atoms with E-state index in [0.717, 1.165) is 12.8 Å². The lowest BCUT2D eigenvalue weighted by atomic mass is 10.2. The fourth-order valence-electron chi connectivity index (χ4n) is 2.87. The van der Waals surface area contributed by atoms with Gasteiger partial charge in [0.25, 0.3) is 11.8 Å². The van der Waals surface area contributed by atoms with Crippen molar-refractivity contribution in [2.45, 2.75) is 19.8 Å². The molecule has 0 unspecified atom stereocenters. The van der Waals surface area contributed by atoms with Crippen LogP contribution in [-0.4, -0.2) is 30.6 Å². The van der Waals surface area contributed by atoms with Gasteiger partial charge in [0, 0.05) is 11.3 Å². The van der Waals surface area contributed by atoms with Crippen molar-refractivity contribution in [3.8, 4) is 11.5 Å². The molecular weight excluding hydrogens is 442 g/mol. The molecule has 0 atom stereocenters. The Balaban J connectivity index is 1.65. The quantitative estimate of drug-likeness (QED) is 0.306. The molecule has 0 saturated heterocycles. The fraction of sp³-hybridized carbons (Fsp3) is 0.208. The molecular formula is C24H25N3O5S. The third kappa shape index (κ3) is 6.81. The molecule has 0 spiro atoms. The monoisotopic (exact) mass is 467 g/mol. The van der Waals surface area contributed by atoms with Crippen LogP contribution in [0.5, 0.6) is 11.5 Å². The molecule has 0 radical (unpaired) electrons. The Morgan fingerprint density at radius 2 is 1.88 bits per heavy atom. The predicted octanol–water partition coefficient (Wildman–Crippen LogP) is 4.85. The van der Waals surface area contributed by atoms with Crippen LogP contribution in [0.1, 0.15) is 40.7 Å². The second-order valence-corrected chi connectivity index (χ2v) is 7.39. The molecule has 3 aromatic rings. The number of thiocarbonyl (C=S) groups is 1. The lowest BCUT2D eigenvalue weighted by molar-refractivity contribution is 0.0974. The molecule has 1 aromatic heterocycles. The SMILES string of the molecule is CCCCOc1cccc(C(=O)NC(=S)Nc2cc(NC(=O)c3ccco3)ccc2OC)c1. The number of hydrogen-bond acceptors (Lipinski definition) is 6. The van der Waals surface area contributed by atoms with E-state index >= 15 is 0 Å². The van der Waals surface area contributed by atoms with Gasteiger partial charge in [-0.25, -0.2) is 0 Å². The average molecular weight is 468 g/mol. The minimum atomic E-state index is -0.395. The summed E-state index contributed by atoms with van der Waals surface area (Å²) in [5, 5.41) is 8.38. The first-order valence-electron chi connectivity index (χ1n) is 10.4. The summed E-state index contributed by atoms with van der Waals surface area (Å²) in [6, 6.07) is 15.1. The minimum absolute atomic E-state index is 0.0742. The standard InChI is InChI=1S/C24H25N3O5S/c1-3-4-12-31-18-8-5-7-16(14-18)22(28)27-24(33)26-19-15-17(10-11-20(19)30-2)25-23(29)21-9-6-13-32-21/h5-11,13-15H,3-4,12H2,1-2H3,(H,25,29)(H2,26,27,28,33). The third-order valence-electron chi connectivity index (χ3n) is 4.54. The van der Waals surface area contributed by atoms with E-state index in [1.165, 1.54) is 13.4 Å². The number of anilines is 2. The van der Waals surface area contributed by atoms with Crippen LogP contribution in [-0.2, 0) is 0 Å². The first kappa shape index (κ1) is 23.8. The highest BCUT2D eigenvalue weighted by atomic mass is 32.1. The molecule has 0 bridgehead atoms. The van der Waals surface area contributed by atoms with Gasteiger partial charge in [0.1, 0.15) is 11.5 Å². The molecule has 2 aromatic carbocycles. The highest BCUT2D eigenvalue weighted by Crippen LogP contribution is 2.28. The number of ether oxygens (including phenoxy) is 2. The summed E-state index contributed by atoms with van der Waals surface area (Å²) in [6.07, 6.45) is 3.38. The van der Waals surface area contributed by atoms with Gasteiger partial charge >= 0.3 is 0 Å². The van der Waals surface area contributed by atoms with Gasteiger partial charge in [-0.3, -0.25) is 14.9 Å². The smallest absolute Gasteiger partial charge is 0.291 e. The van der Waals surface area contributed by atoms with E-state index in [0.29, 0.717) is 35.0 Å². The number of furan rings is 1. The van der Waals surface area contributed by atoms with Crippen LogP contribution in [0.15, 0.2) is 65.3 Å². The lowest BCUT2D eigenvalue weighted by Crippen LogP contribution is -2.34. The van der Waals surface area contributed by atoms with Crippen molar-refractivity contribution in [2.75, 3.05) is 24.4 Å². The van der Waals surface area contributed by atoms with Crippen molar-refractivity contribution in [1.82, 2.24) is 5.32 Å². The van der Waals surface area contributed by atoms with E-state index < -0.39 is 5.91 Å². The molecule has 2 amide bonds. The van der Waals surface area contributed by atoms with Crippen LogP contribution in [0.25, 0.3) is 0 Å². The fourth-order valence-corrected chi connectivity index (χ4v) is 3.08. The number of unbranched alkanes of at least 4 members (excludes halogenated alkanes) is 1. The van der Waals surface area contributed by atoms with Crippen LogP contribution in [0.4, 0.5) is 11.4 Å². The summed E-state index contributed by atoms with van der Waals surface area (Å²) < 4.78 is 16.1. The zero-order chi connectivity index (χ0) is 23.6. The maximum Gasteiger partial charge on any atom is 0.291 e. The second kappa shape index (κ2) is 11.7. The largest absolute Gasteiger partial charge is 0.495 e. The van der Waals surface area contributed by atoms with Gasteiger partial charge in [-0.2, -0.15) is 0 Å². The predicted molar refractivity (Wildman–Crippen MR) is 130 cm³/mol. The van der Waals surface area contributed by atoms with Gasteiger partial charge in [-0.15, -0.1) is 0 Å². The van der Waals surface area contributed by atoms with Crippen molar-refractivity contribution in [1.29, 1.82) is 0 Å². The average Bonchev–Trinajstić information content (AvgIpc) is 3.35. The number of hydrogen-bond donors (Lipinski definition) is 3. The topological polar surface area (TPSA) is 102 Å². The van der Waals surface area contributed by atoms with Gasteiger partial charge in [-0.05, 0) is 67.2 Å². The number of carbonyl (C=O) groups excluding carboxylic acids is 2. The number of methoxy groups -OCH3 is 1. The van der Waals surface area contributed by atoms with Crippen LogP contribution in [0, 0.1) is 0 Å². The van der Waals surface area contributed by atoms with E-state index in [1.54, 1.807) is 54.6 Å². The van der Waals surface area contributed by atoms with E-state index in [9.17, 15) is 9.59 Å². The van der Waals surface area contributed by atoms with Crippen LogP contribution in [0.3, 0.4) is 0 Å². The molecule has 8 nitrogen and oxygen atoms in total. The lowest BCUT2D eigenvalue weighted by Gasteiger charge is -2.15. The second-order valence-electron chi connectivity index (χ2n) is 6.98. The maximum absolute atomic E-state index is 12.6. The summed E-state index contributed by atoms with van der Waals surface area (Å²) in [5.74, 6) is 0.511. The number of amides is 2. The molecule has 9 heteroatoms. The van der Waals surface area contributed by atoms with Crippen LogP contribution >= 0.6 is 12.2 Å². The molecule has 0 fully saturated rings. The Bertz CT molecular complexity index is 1120. The van der Waals surface area contributed by atoms with Gasteiger partial charge in [0.2, 0.25) is 0 Å². The van der Waals surface area contributed by atoms with Gasteiger partial charge in [0.05, 0.1) is 25.7 Å². The van der Waals surface area contributed by atoms with Crippen LogP contribution < -0.4 is 25.4 Å². The van der Waals surface area contributed by atoms with E-state index in [2.05, 4.69) is 22.9 Å².